The molecule has 27 heavy (non-hydrogen) atoms. The van der Waals surface area contributed by atoms with Gasteiger partial charge in [0.1, 0.15) is 5.75 Å². The minimum Gasteiger partial charge on any atom is -0.508 e. The normalized spacial score (nSPS) is 21.4. The molecule has 1 saturated carbocycles. The number of fused-ring (bicyclic) bond motifs is 2. The van der Waals surface area contributed by atoms with Crippen LogP contribution in [-0.2, 0) is 19.3 Å². The van der Waals surface area contributed by atoms with Crippen molar-refractivity contribution < 1.29 is 5.11 Å². The molecule has 0 radical (unpaired) electrons. The van der Waals surface area contributed by atoms with Gasteiger partial charge in [-0.05, 0) is 81.0 Å². The van der Waals surface area contributed by atoms with Gasteiger partial charge in [0, 0.05) is 41.9 Å². The Bertz CT molecular complexity index is 851. The Morgan fingerprint density at radius 2 is 1.89 bits per heavy atom. The number of aromatic hydroxyl groups is 1. The van der Waals surface area contributed by atoms with Crippen molar-refractivity contribution in [1.82, 2.24) is 9.88 Å². The molecule has 2 aromatic rings. The number of hydrogen-bond donors (Lipinski definition) is 2. The molecule has 2 heterocycles. The van der Waals surface area contributed by atoms with E-state index in [1.54, 1.807) is 0 Å². The summed E-state index contributed by atoms with van der Waals surface area (Å²) in [5, 5.41) is 15.5. The van der Waals surface area contributed by atoms with E-state index in [9.17, 15) is 5.11 Å². The van der Waals surface area contributed by atoms with E-state index < -0.39 is 0 Å². The van der Waals surface area contributed by atoms with Crippen LogP contribution in [0, 0.1) is 0 Å². The summed E-state index contributed by atoms with van der Waals surface area (Å²) in [6, 6.07) is 5.47. The monoisotopic (exact) mass is 365 g/mol. The molecule has 0 bridgehead atoms. The molecule has 4 nitrogen and oxygen atoms in total. The molecular formula is C23H31N3O. The molecule has 1 aliphatic heterocycles. The smallest absolute Gasteiger partial charge is 0.119 e. The van der Waals surface area contributed by atoms with E-state index in [4.69, 9.17) is 4.98 Å². The molecule has 1 saturated heterocycles. The van der Waals surface area contributed by atoms with E-state index in [-0.39, 0.29) is 0 Å². The quantitative estimate of drug-likeness (QED) is 0.842. The van der Waals surface area contributed by atoms with E-state index >= 15 is 0 Å². The number of aryl methyl sites for hydroxylation is 2. The third kappa shape index (κ3) is 3.29. The van der Waals surface area contributed by atoms with Crippen LogP contribution >= 0.6 is 0 Å². The Labute approximate surface area is 162 Å². The number of likely N-dealkylation sites (tertiary alicyclic amines) is 1. The van der Waals surface area contributed by atoms with Crippen molar-refractivity contribution in [3.05, 3.63) is 29.0 Å². The van der Waals surface area contributed by atoms with Crippen LogP contribution in [0.2, 0.25) is 0 Å². The summed E-state index contributed by atoms with van der Waals surface area (Å²) < 4.78 is 0. The van der Waals surface area contributed by atoms with Gasteiger partial charge in [0.05, 0.1) is 5.52 Å². The standard InChI is InChI=1S/C23H31N3O/c1-2-15-13-21-19(14-22(15)27)23(18-5-3-4-6-20(18)25-21)24-16-9-11-26(12-10-16)17-7-8-17/h13-14,16-17,27H,2-12H2,1H3,(H,24,25). The lowest BCUT2D eigenvalue weighted by Crippen LogP contribution is -2.40. The van der Waals surface area contributed by atoms with Gasteiger partial charge in [-0.15, -0.1) is 0 Å². The van der Waals surface area contributed by atoms with Gasteiger partial charge in [-0.1, -0.05) is 6.92 Å². The van der Waals surface area contributed by atoms with E-state index in [2.05, 4.69) is 23.2 Å². The number of phenols is 1. The zero-order valence-electron chi connectivity index (χ0n) is 16.4. The predicted molar refractivity (Wildman–Crippen MR) is 111 cm³/mol. The molecule has 2 aliphatic carbocycles. The van der Waals surface area contributed by atoms with E-state index in [1.807, 2.05) is 6.07 Å². The van der Waals surface area contributed by atoms with Gasteiger partial charge in [0.15, 0.2) is 0 Å². The lowest BCUT2D eigenvalue weighted by atomic mass is 9.91. The van der Waals surface area contributed by atoms with Gasteiger partial charge in [0.25, 0.3) is 0 Å². The maximum absolute atomic E-state index is 10.5. The lowest BCUT2D eigenvalue weighted by Gasteiger charge is -2.34. The van der Waals surface area contributed by atoms with Crippen molar-refractivity contribution in [3.8, 4) is 5.75 Å². The second-order valence-corrected chi connectivity index (χ2v) is 8.66. The number of hydrogen-bond acceptors (Lipinski definition) is 4. The van der Waals surface area contributed by atoms with Gasteiger partial charge >= 0.3 is 0 Å². The number of piperidine rings is 1. The van der Waals surface area contributed by atoms with Crippen molar-refractivity contribution in [2.75, 3.05) is 18.4 Å². The SMILES string of the molecule is CCc1cc2nc3c(c(NC4CCN(C5CC5)CC4)c2cc1O)CCCC3. The molecule has 0 amide bonds. The molecule has 144 valence electrons. The van der Waals surface area contributed by atoms with Gasteiger partial charge in [-0.25, -0.2) is 0 Å². The summed E-state index contributed by atoms with van der Waals surface area (Å²) in [6.07, 6.45) is 10.8. The molecule has 1 aromatic carbocycles. The average Bonchev–Trinajstić information content (AvgIpc) is 3.54. The van der Waals surface area contributed by atoms with Crippen LogP contribution in [0.3, 0.4) is 0 Å². The van der Waals surface area contributed by atoms with Crippen LogP contribution in [0.4, 0.5) is 5.69 Å². The number of pyridine rings is 1. The fraction of sp³-hybridized carbons (Fsp3) is 0.609. The number of nitrogens with zero attached hydrogens (tertiary/aromatic N) is 2. The highest BCUT2D eigenvalue weighted by molar-refractivity contribution is 5.95. The molecule has 2 N–H and O–H groups in total. The highest BCUT2D eigenvalue weighted by Crippen LogP contribution is 2.38. The number of nitrogens with one attached hydrogen (secondary N) is 1. The van der Waals surface area contributed by atoms with Gasteiger partial charge in [0.2, 0.25) is 0 Å². The second-order valence-electron chi connectivity index (χ2n) is 8.66. The number of aromatic nitrogens is 1. The molecule has 3 aliphatic rings. The van der Waals surface area contributed by atoms with Crippen molar-refractivity contribution >= 4 is 16.6 Å². The summed E-state index contributed by atoms with van der Waals surface area (Å²) in [5.74, 6) is 0.411. The van der Waals surface area contributed by atoms with E-state index in [1.165, 1.54) is 68.6 Å². The Kier molecular flexibility index (Phi) is 4.47. The number of anilines is 1. The minimum absolute atomic E-state index is 0.411. The van der Waals surface area contributed by atoms with Crippen LogP contribution in [0.1, 0.15) is 62.3 Å². The van der Waals surface area contributed by atoms with E-state index in [0.717, 1.165) is 41.8 Å². The topological polar surface area (TPSA) is 48.4 Å². The minimum atomic E-state index is 0.411. The molecule has 1 aromatic heterocycles. The molecule has 0 unspecified atom stereocenters. The third-order valence-electron chi connectivity index (χ3n) is 6.78. The molecule has 0 atom stereocenters. The van der Waals surface area contributed by atoms with Gasteiger partial charge < -0.3 is 15.3 Å². The fourth-order valence-corrected chi connectivity index (χ4v) is 5.00. The Morgan fingerprint density at radius 1 is 1.11 bits per heavy atom. The third-order valence-corrected chi connectivity index (χ3v) is 6.78. The van der Waals surface area contributed by atoms with Crippen molar-refractivity contribution in [2.45, 2.75) is 76.8 Å². The Balaban J connectivity index is 1.50. The average molecular weight is 366 g/mol. The summed E-state index contributed by atoms with van der Waals surface area (Å²) in [6.45, 7) is 4.53. The highest BCUT2D eigenvalue weighted by Gasteiger charge is 2.32. The zero-order chi connectivity index (χ0) is 18.4. The predicted octanol–water partition coefficient (Wildman–Crippen LogP) is 4.42. The fourth-order valence-electron chi connectivity index (χ4n) is 5.00. The van der Waals surface area contributed by atoms with Crippen molar-refractivity contribution in [1.29, 1.82) is 0 Å². The Morgan fingerprint density at radius 3 is 2.63 bits per heavy atom. The van der Waals surface area contributed by atoms with Crippen LogP contribution < -0.4 is 5.32 Å². The maximum atomic E-state index is 10.5. The summed E-state index contributed by atoms with van der Waals surface area (Å²) >= 11 is 0. The summed E-state index contributed by atoms with van der Waals surface area (Å²) in [4.78, 5) is 7.68. The zero-order valence-corrected chi connectivity index (χ0v) is 16.4. The summed E-state index contributed by atoms with van der Waals surface area (Å²) in [7, 11) is 0. The van der Waals surface area contributed by atoms with Gasteiger partial charge in [-0.3, -0.25) is 4.98 Å². The first-order valence-electron chi connectivity index (χ1n) is 10.9. The first kappa shape index (κ1) is 17.3. The molecule has 4 heteroatoms. The highest BCUT2D eigenvalue weighted by atomic mass is 16.3. The maximum Gasteiger partial charge on any atom is 0.119 e. The van der Waals surface area contributed by atoms with Gasteiger partial charge in [-0.2, -0.15) is 0 Å². The summed E-state index contributed by atoms with van der Waals surface area (Å²) in [5.41, 5.74) is 5.98. The van der Waals surface area contributed by atoms with E-state index in [0.29, 0.717) is 11.8 Å². The first-order valence-corrected chi connectivity index (χ1v) is 10.9. The second kappa shape index (κ2) is 6.97. The number of phenolic OH excluding ortho intramolecular Hbond substituents is 1. The van der Waals surface area contributed by atoms with Crippen molar-refractivity contribution in [3.63, 3.8) is 0 Å². The number of benzene rings is 1. The largest absolute Gasteiger partial charge is 0.508 e. The van der Waals surface area contributed by atoms with Crippen molar-refractivity contribution in [2.24, 2.45) is 0 Å². The van der Waals surface area contributed by atoms with Crippen LogP contribution in [0.5, 0.6) is 5.75 Å². The van der Waals surface area contributed by atoms with Crippen LogP contribution in [-0.4, -0.2) is 40.2 Å². The molecule has 2 fully saturated rings. The molecule has 5 rings (SSSR count). The molecule has 0 spiro atoms. The van der Waals surface area contributed by atoms with Crippen LogP contribution in [0.15, 0.2) is 12.1 Å². The molecular weight excluding hydrogens is 334 g/mol. The van der Waals surface area contributed by atoms with Crippen LogP contribution in [0.25, 0.3) is 10.9 Å². The Hall–Kier alpha value is -1.81. The lowest BCUT2D eigenvalue weighted by molar-refractivity contribution is 0.210. The first-order chi connectivity index (χ1) is 13.2. The number of rotatable bonds is 4.